The Bertz CT molecular complexity index is 439. The summed E-state index contributed by atoms with van der Waals surface area (Å²) in [5.74, 6) is 0.774. The molecule has 1 fully saturated rings. The Labute approximate surface area is 126 Å². The molecule has 1 aromatic carbocycles. The van der Waals surface area contributed by atoms with Crippen molar-refractivity contribution in [1.82, 2.24) is 5.32 Å². The molecule has 1 aliphatic heterocycles. The lowest BCUT2D eigenvalue weighted by Crippen LogP contribution is -2.33. The van der Waals surface area contributed by atoms with Gasteiger partial charge in [0.25, 0.3) is 0 Å². The first kappa shape index (κ1) is 16.2. The number of halogens is 2. The smallest absolute Gasteiger partial charge is 0.312 e. The van der Waals surface area contributed by atoms with Crippen molar-refractivity contribution < 1.29 is 9.66 Å². The second-order valence-electron chi connectivity index (χ2n) is 4.39. The maximum Gasteiger partial charge on any atom is 0.312 e. The van der Waals surface area contributed by atoms with Crippen LogP contribution in [0.25, 0.3) is 0 Å². The van der Waals surface area contributed by atoms with E-state index in [0.29, 0.717) is 22.7 Å². The molecule has 1 unspecified atom stereocenters. The molecule has 7 heteroatoms. The third-order valence-corrected chi connectivity index (χ3v) is 3.48. The van der Waals surface area contributed by atoms with E-state index in [1.165, 1.54) is 6.07 Å². The van der Waals surface area contributed by atoms with Gasteiger partial charge in [-0.15, -0.1) is 12.4 Å². The van der Waals surface area contributed by atoms with E-state index in [-0.39, 0.29) is 18.1 Å². The molecule has 0 saturated carbocycles. The lowest BCUT2D eigenvalue weighted by atomic mass is 10.0. The van der Waals surface area contributed by atoms with Crippen molar-refractivity contribution in [3.05, 3.63) is 32.8 Å². The van der Waals surface area contributed by atoms with Crippen LogP contribution in [0.1, 0.15) is 12.8 Å². The number of hydrogen-bond donors (Lipinski definition) is 1. The van der Waals surface area contributed by atoms with Gasteiger partial charge in [-0.05, 0) is 31.5 Å². The topological polar surface area (TPSA) is 64.4 Å². The highest BCUT2D eigenvalue weighted by Gasteiger charge is 2.18. The molecule has 0 bridgehead atoms. The van der Waals surface area contributed by atoms with Crippen molar-refractivity contribution in [1.29, 1.82) is 0 Å². The van der Waals surface area contributed by atoms with Gasteiger partial charge >= 0.3 is 5.69 Å². The van der Waals surface area contributed by atoms with Crippen LogP contribution in [0.2, 0.25) is 0 Å². The van der Waals surface area contributed by atoms with Crippen molar-refractivity contribution >= 4 is 34.0 Å². The Morgan fingerprint density at radius 2 is 2.32 bits per heavy atom. The first-order valence-corrected chi connectivity index (χ1v) is 6.73. The highest BCUT2D eigenvalue weighted by atomic mass is 79.9. The van der Waals surface area contributed by atoms with Crippen LogP contribution in [-0.2, 0) is 0 Å². The van der Waals surface area contributed by atoms with Gasteiger partial charge in [0.05, 0.1) is 11.5 Å². The van der Waals surface area contributed by atoms with Gasteiger partial charge < -0.3 is 10.1 Å². The fourth-order valence-electron chi connectivity index (χ4n) is 2.03. The second kappa shape index (κ2) is 7.67. The van der Waals surface area contributed by atoms with Crippen LogP contribution in [-0.4, -0.2) is 24.6 Å². The number of benzene rings is 1. The minimum atomic E-state index is -0.417. The average Bonchev–Trinajstić information content (AvgIpc) is 2.38. The summed E-state index contributed by atoms with van der Waals surface area (Å²) >= 11 is 3.22. The monoisotopic (exact) mass is 350 g/mol. The number of nitrogens with one attached hydrogen (secondary N) is 1. The molecule has 106 valence electrons. The van der Waals surface area contributed by atoms with Crippen LogP contribution in [0.3, 0.4) is 0 Å². The van der Waals surface area contributed by atoms with Crippen LogP contribution in [0.5, 0.6) is 5.75 Å². The predicted molar refractivity (Wildman–Crippen MR) is 79.1 cm³/mol. The van der Waals surface area contributed by atoms with E-state index in [2.05, 4.69) is 21.2 Å². The first-order valence-electron chi connectivity index (χ1n) is 5.94. The van der Waals surface area contributed by atoms with Crippen molar-refractivity contribution in [3.8, 4) is 5.75 Å². The van der Waals surface area contributed by atoms with Crippen LogP contribution < -0.4 is 10.1 Å². The fourth-order valence-corrected chi connectivity index (χ4v) is 2.38. The maximum atomic E-state index is 10.9. The Kier molecular flexibility index (Phi) is 6.54. The number of ether oxygens (including phenoxy) is 1. The molecule has 2 rings (SSSR count). The quantitative estimate of drug-likeness (QED) is 0.668. The fraction of sp³-hybridized carbons (Fsp3) is 0.500. The third-order valence-electron chi connectivity index (χ3n) is 2.99. The number of hydrogen-bond acceptors (Lipinski definition) is 4. The zero-order chi connectivity index (χ0) is 13.0. The molecule has 19 heavy (non-hydrogen) atoms. The number of piperidine rings is 1. The highest BCUT2D eigenvalue weighted by molar-refractivity contribution is 9.10. The number of nitro groups is 1. The van der Waals surface area contributed by atoms with E-state index in [0.717, 1.165) is 25.9 Å². The van der Waals surface area contributed by atoms with Gasteiger partial charge in [-0.1, -0.05) is 15.9 Å². The molecule has 1 saturated heterocycles. The molecule has 1 N–H and O–H groups in total. The van der Waals surface area contributed by atoms with E-state index in [9.17, 15) is 10.1 Å². The maximum absolute atomic E-state index is 10.9. The molecular weight excluding hydrogens is 336 g/mol. The molecule has 0 spiro atoms. The van der Waals surface area contributed by atoms with E-state index in [1.54, 1.807) is 12.1 Å². The van der Waals surface area contributed by atoms with Gasteiger partial charge in [0.15, 0.2) is 5.75 Å². The molecule has 1 heterocycles. The summed E-state index contributed by atoms with van der Waals surface area (Å²) < 4.78 is 6.27. The zero-order valence-corrected chi connectivity index (χ0v) is 12.7. The van der Waals surface area contributed by atoms with E-state index in [1.807, 2.05) is 0 Å². The Morgan fingerprint density at radius 3 is 2.95 bits per heavy atom. The van der Waals surface area contributed by atoms with Crippen LogP contribution in [0.15, 0.2) is 22.7 Å². The summed E-state index contributed by atoms with van der Waals surface area (Å²) in [5.41, 5.74) is 0.00754. The molecule has 1 aromatic rings. The van der Waals surface area contributed by atoms with E-state index in [4.69, 9.17) is 4.74 Å². The van der Waals surface area contributed by atoms with Crippen molar-refractivity contribution in [2.75, 3.05) is 19.7 Å². The van der Waals surface area contributed by atoms with Crippen LogP contribution in [0.4, 0.5) is 5.69 Å². The van der Waals surface area contributed by atoms with Crippen LogP contribution in [0, 0.1) is 16.0 Å². The summed E-state index contributed by atoms with van der Waals surface area (Å²) in [6.45, 7) is 2.49. The standard InChI is InChI=1S/C12H15BrN2O3.ClH/c13-10-3-4-12(11(6-10)15(16)17)18-8-9-2-1-5-14-7-9;/h3-4,6,9,14H,1-2,5,7-8H2;1H. The minimum absolute atomic E-state index is 0. The van der Waals surface area contributed by atoms with Gasteiger partial charge in [-0.25, -0.2) is 0 Å². The van der Waals surface area contributed by atoms with Gasteiger partial charge in [0.1, 0.15) is 0 Å². The van der Waals surface area contributed by atoms with E-state index < -0.39 is 4.92 Å². The summed E-state index contributed by atoms with van der Waals surface area (Å²) in [4.78, 5) is 10.5. The second-order valence-corrected chi connectivity index (χ2v) is 5.31. The third kappa shape index (κ3) is 4.63. The summed E-state index contributed by atoms with van der Waals surface area (Å²) in [7, 11) is 0. The van der Waals surface area contributed by atoms with Gasteiger partial charge in [0, 0.05) is 23.0 Å². The zero-order valence-electron chi connectivity index (χ0n) is 10.3. The van der Waals surface area contributed by atoms with Crippen molar-refractivity contribution in [3.63, 3.8) is 0 Å². The van der Waals surface area contributed by atoms with Crippen LogP contribution >= 0.6 is 28.3 Å². The summed E-state index contributed by atoms with van der Waals surface area (Å²) in [6, 6.07) is 4.86. The molecule has 0 aliphatic carbocycles. The molecule has 0 aromatic heterocycles. The Morgan fingerprint density at radius 1 is 1.53 bits per heavy atom. The first-order chi connectivity index (χ1) is 8.66. The molecule has 1 aliphatic rings. The number of rotatable bonds is 4. The lowest BCUT2D eigenvalue weighted by Gasteiger charge is -2.22. The highest BCUT2D eigenvalue weighted by Crippen LogP contribution is 2.30. The minimum Gasteiger partial charge on any atom is -0.486 e. The average molecular weight is 352 g/mol. The molecular formula is C12H16BrClN2O3. The molecule has 1 atom stereocenters. The van der Waals surface area contributed by atoms with Crippen molar-refractivity contribution in [2.45, 2.75) is 12.8 Å². The van der Waals surface area contributed by atoms with Gasteiger partial charge in [-0.2, -0.15) is 0 Å². The Balaban J connectivity index is 0.00000180. The van der Waals surface area contributed by atoms with Gasteiger partial charge in [0.2, 0.25) is 0 Å². The molecule has 5 nitrogen and oxygen atoms in total. The number of nitro benzene ring substituents is 1. The largest absolute Gasteiger partial charge is 0.486 e. The molecule has 0 amide bonds. The number of nitrogens with zero attached hydrogens (tertiary/aromatic N) is 1. The normalized spacial score (nSPS) is 18.5. The summed E-state index contributed by atoms with van der Waals surface area (Å²) in [6.07, 6.45) is 2.24. The van der Waals surface area contributed by atoms with Crippen molar-refractivity contribution in [2.24, 2.45) is 5.92 Å². The Hall–Kier alpha value is -0.850. The lowest BCUT2D eigenvalue weighted by molar-refractivity contribution is -0.386. The van der Waals surface area contributed by atoms with Gasteiger partial charge in [-0.3, -0.25) is 10.1 Å². The molecule has 0 radical (unpaired) electrons. The SMILES string of the molecule is Cl.O=[N+]([O-])c1cc(Br)ccc1OCC1CCCNC1. The summed E-state index contributed by atoms with van der Waals surface area (Å²) in [5, 5.41) is 14.2. The predicted octanol–water partition coefficient (Wildman–Crippen LogP) is 3.16. The van der Waals surface area contributed by atoms with E-state index >= 15 is 0 Å².